The van der Waals surface area contributed by atoms with E-state index in [-0.39, 0.29) is 35.7 Å². The average Bonchev–Trinajstić information content (AvgIpc) is 2.96. The predicted octanol–water partition coefficient (Wildman–Crippen LogP) is -1.46. The molecule has 0 aliphatic carbocycles. The summed E-state index contributed by atoms with van der Waals surface area (Å²) in [6.45, 7) is 3.39. The average molecular weight is 374 g/mol. The first-order valence-corrected chi connectivity index (χ1v) is 9.11. The van der Waals surface area contributed by atoms with Crippen LogP contribution in [0.4, 0.5) is 5.69 Å². The smallest absolute Gasteiger partial charge is 0.309 e. The fraction of sp³-hybridized carbons (Fsp3) is 0.474. The molecule has 0 unspecified atom stereocenters. The number of likely N-dealkylation sites (tertiary alicyclic amines) is 1. The van der Waals surface area contributed by atoms with Crippen molar-refractivity contribution in [3.05, 3.63) is 29.8 Å². The standard InChI is InChI=1S/C19H22N2O6/c1-2-27-19(26)13-7-9-20(10-8-13)15-11-16(22)21(17(15)23)14-5-3-12(4-6-14)18(24)25/h3-6,13,15H,2,7-11H2,1H3,(H,24,25)/t15-/m0/s1. The molecule has 1 aromatic rings. The van der Waals surface area contributed by atoms with Crippen LogP contribution >= 0.6 is 0 Å². The van der Waals surface area contributed by atoms with E-state index in [0.29, 0.717) is 38.2 Å². The lowest BCUT2D eigenvalue weighted by Crippen LogP contribution is -3.17. The molecular formula is C19H22N2O6. The molecule has 0 bridgehead atoms. The highest BCUT2D eigenvalue weighted by molar-refractivity contribution is 6.21. The molecule has 2 amide bonds. The van der Waals surface area contributed by atoms with E-state index in [0.717, 1.165) is 9.80 Å². The van der Waals surface area contributed by atoms with Crippen LogP contribution in [0, 0.1) is 5.92 Å². The largest absolute Gasteiger partial charge is 0.545 e. The van der Waals surface area contributed by atoms with E-state index in [2.05, 4.69) is 0 Å². The number of esters is 1. The minimum absolute atomic E-state index is 0.0129. The van der Waals surface area contributed by atoms with Crippen LogP contribution in [0.5, 0.6) is 0 Å². The fourth-order valence-electron chi connectivity index (χ4n) is 3.80. The Balaban J connectivity index is 1.66. The van der Waals surface area contributed by atoms with Gasteiger partial charge in [0.25, 0.3) is 5.91 Å². The van der Waals surface area contributed by atoms with E-state index < -0.39 is 12.0 Å². The number of quaternary nitrogens is 1. The zero-order chi connectivity index (χ0) is 19.6. The topological polar surface area (TPSA) is 108 Å². The summed E-state index contributed by atoms with van der Waals surface area (Å²) in [5, 5.41) is 10.8. The highest BCUT2D eigenvalue weighted by Crippen LogP contribution is 2.23. The number of aromatic carboxylic acids is 1. The van der Waals surface area contributed by atoms with Gasteiger partial charge in [-0.25, -0.2) is 4.90 Å². The van der Waals surface area contributed by atoms with Crippen molar-refractivity contribution in [2.24, 2.45) is 5.92 Å². The number of nitrogens with one attached hydrogen (secondary N) is 1. The molecule has 144 valence electrons. The lowest BCUT2D eigenvalue weighted by molar-refractivity contribution is -0.920. The van der Waals surface area contributed by atoms with Crippen molar-refractivity contribution in [3.8, 4) is 0 Å². The Hall–Kier alpha value is -2.74. The zero-order valence-corrected chi connectivity index (χ0v) is 15.1. The first-order valence-electron chi connectivity index (χ1n) is 9.11. The molecule has 8 heteroatoms. The Kier molecular flexibility index (Phi) is 5.55. The van der Waals surface area contributed by atoms with Gasteiger partial charge in [-0.15, -0.1) is 0 Å². The van der Waals surface area contributed by atoms with Gasteiger partial charge in [0.05, 0.1) is 43.7 Å². The number of imide groups is 1. The van der Waals surface area contributed by atoms with Gasteiger partial charge in [-0.3, -0.25) is 14.4 Å². The quantitative estimate of drug-likeness (QED) is 0.499. The molecule has 2 fully saturated rings. The lowest BCUT2D eigenvalue weighted by Gasteiger charge is -2.31. The van der Waals surface area contributed by atoms with E-state index in [1.165, 1.54) is 24.3 Å². The van der Waals surface area contributed by atoms with Gasteiger partial charge >= 0.3 is 5.97 Å². The normalized spacial score (nSPS) is 25.5. The number of nitrogens with zero attached hydrogens (tertiary/aromatic N) is 1. The third kappa shape index (κ3) is 3.85. The number of hydrogen-bond donors (Lipinski definition) is 1. The second kappa shape index (κ2) is 7.87. The Bertz CT molecular complexity index is 752. The van der Waals surface area contributed by atoms with Crippen molar-refractivity contribution in [1.29, 1.82) is 0 Å². The molecule has 1 N–H and O–H groups in total. The summed E-state index contributed by atoms with van der Waals surface area (Å²) in [4.78, 5) is 50.0. The van der Waals surface area contributed by atoms with Crippen LogP contribution in [0.25, 0.3) is 0 Å². The Labute approximate surface area is 156 Å². The van der Waals surface area contributed by atoms with Crippen molar-refractivity contribution in [2.75, 3.05) is 24.6 Å². The first-order chi connectivity index (χ1) is 12.9. The third-order valence-corrected chi connectivity index (χ3v) is 5.25. The second-order valence-electron chi connectivity index (χ2n) is 6.84. The van der Waals surface area contributed by atoms with Crippen LogP contribution in [-0.2, 0) is 19.1 Å². The van der Waals surface area contributed by atoms with Crippen LogP contribution in [-0.4, -0.2) is 49.5 Å². The molecule has 3 rings (SSSR count). The summed E-state index contributed by atoms with van der Waals surface area (Å²) in [5.74, 6) is -2.24. The molecule has 1 aromatic carbocycles. The van der Waals surface area contributed by atoms with E-state index >= 15 is 0 Å². The number of rotatable bonds is 5. The molecule has 2 aliphatic heterocycles. The van der Waals surface area contributed by atoms with Gasteiger partial charge in [0.2, 0.25) is 5.91 Å². The van der Waals surface area contributed by atoms with Crippen LogP contribution in [0.2, 0.25) is 0 Å². The lowest BCUT2D eigenvalue weighted by atomic mass is 9.95. The van der Waals surface area contributed by atoms with Gasteiger partial charge < -0.3 is 19.5 Å². The van der Waals surface area contributed by atoms with Gasteiger partial charge in [0, 0.05) is 12.8 Å². The van der Waals surface area contributed by atoms with Crippen molar-refractivity contribution in [1.82, 2.24) is 0 Å². The molecule has 2 aliphatic rings. The number of carbonyl (C=O) groups is 4. The van der Waals surface area contributed by atoms with Crippen molar-refractivity contribution in [3.63, 3.8) is 0 Å². The number of carbonyl (C=O) groups excluding carboxylic acids is 4. The monoisotopic (exact) mass is 374 g/mol. The number of amides is 2. The zero-order valence-electron chi connectivity index (χ0n) is 15.1. The molecule has 1 atom stereocenters. The van der Waals surface area contributed by atoms with Gasteiger partial charge in [0.15, 0.2) is 6.04 Å². The number of ether oxygens (including phenoxy) is 1. The summed E-state index contributed by atoms with van der Waals surface area (Å²) in [5.41, 5.74) is 0.347. The maximum atomic E-state index is 12.8. The molecule has 0 radical (unpaired) electrons. The van der Waals surface area contributed by atoms with Crippen molar-refractivity contribution < 1.29 is 33.9 Å². The predicted molar refractivity (Wildman–Crippen MR) is 91.7 cm³/mol. The number of carboxylic acid groups (broad SMARTS) is 1. The van der Waals surface area contributed by atoms with Crippen molar-refractivity contribution in [2.45, 2.75) is 32.2 Å². The summed E-state index contributed by atoms with van der Waals surface area (Å²) < 4.78 is 5.06. The van der Waals surface area contributed by atoms with E-state index in [4.69, 9.17) is 4.74 Å². The van der Waals surface area contributed by atoms with Crippen LogP contribution in [0.15, 0.2) is 24.3 Å². The SMILES string of the molecule is CCOC(=O)C1CC[NH+]([C@H]2CC(=O)N(c3ccc(C(=O)[O-])cc3)C2=O)CC1. The maximum Gasteiger partial charge on any atom is 0.309 e. The molecule has 2 heterocycles. The minimum atomic E-state index is -1.31. The molecule has 27 heavy (non-hydrogen) atoms. The number of anilines is 1. The highest BCUT2D eigenvalue weighted by Gasteiger charge is 2.47. The molecule has 8 nitrogen and oxygen atoms in total. The van der Waals surface area contributed by atoms with Crippen LogP contribution < -0.4 is 14.9 Å². The summed E-state index contributed by atoms with van der Waals surface area (Å²) in [7, 11) is 0. The van der Waals surface area contributed by atoms with Gasteiger partial charge in [-0.1, -0.05) is 12.1 Å². The summed E-state index contributed by atoms with van der Waals surface area (Å²) in [6.07, 6.45) is 1.37. The number of carboxylic acids is 1. The second-order valence-corrected chi connectivity index (χ2v) is 6.84. The summed E-state index contributed by atoms with van der Waals surface area (Å²) in [6, 6.07) is 5.03. The first kappa shape index (κ1) is 19.0. The Morgan fingerprint density at radius 3 is 2.37 bits per heavy atom. The molecule has 0 spiro atoms. The molecule has 0 saturated carbocycles. The molecular weight excluding hydrogens is 352 g/mol. The van der Waals surface area contributed by atoms with E-state index in [1.54, 1.807) is 6.92 Å². The third-order valence-electron chi connectivity index (χ3n) is 5.25. The van der Waals surface area contributed by atoms with Crippen molar-refractivity contribution >= 4 is 29.4 Å². The fourth-order valence-corrected chi connectivity index (χ4v) is 3.80. The Morgan fingerprint density at radius 1 is 1.19 bits per heavy atom. The van der Waals surface area contributed by atoms with Gasteiger partial charge in [0.1, 0.15) is 0 Å². The van der Waals surface area contributed by atoms with Crippen LogP contribution in [0.1, 0.15) is 36.5 Å². The molecule has 2 saturated heterocycles. The highest BCUT2D eigenvalue weighted by atomic mass is 16.5. The number of hydrogen-bond acceptors (Lipinski definition) is 6. The minimum Gasteiger partial charge on any atom is -0.545 e. The maximum absolute atomic E-state index is 12.8. The summed E-state index contributed by atoms with van der Waals surface area (Å²) >= 11 is 0. The molecule has 0 aromatic heterocycles. The van der Waals surface area contributed by atoms with Crippen LogP contribution in [0.3, 0.4) is 0 Å². The van der Waals surface area contributed by atoms with E-state index in [9.17, 15) is 24.3 Å². The Morgan fingerprint density at radius 2 is 1.81 bits per heavy atom. The van der Waals surface area contributed by atoms with E-state index in [1.807, 2.05) is 0 Å². The van der Waals surface area contributed by atoms with Gasteiger partial charge in [-0.2, -0.15) is 0 Å². The number of piperidine rings is 1. The van der Waals surface area contributed by atoms with Gasteiger partial charge in [-0.05, 0) is 24.6 Å². The number of benzene rings is 1.